The van der Waals surface area contributed by atoms with Gasteiger partial charge in [0.1, 0.15) is 0 Å². The van der Waals surface area contributed by atoms with Gasteiger partial charge in [-0.15, -0.1) is 0 Å². The second-order valence-electron chi connectivity index (χ2n) is 7.36. The molecule has 2 heterocycles. The number of benzene rings is 1. The van der Waals surface area contributed by atoms with Crippen LogP contribution in [0.4, 0.5) is 5.69 Å². The van der Waals surface area contributed by atoms with Gasteiger partial charge in [-0.1, -0.05) is 12.1 Å². The van der Waals surface area contributed by atoms with Gasteiger partial charge in [-0.2, -0.15) is 11.3 Å². The Morgan fingerprint density at radius 1 is 1.15 bits per heavy atom. The molecule has 1 aromatic heterocycles. The number of hydrogen-bond acceptors (Lipinski definition) is 4. The molecule has 27 heavy (non-hydrogen) atoms. The first-order valence-corrected chi connectivity index (χ1v) is 11.0. The standard InChI is InChI=1S/C22H31N3OS/c1-19-5-4-6-21(17-19)25-14-12-24(13-15-25)11-3-2-10-23-22(26)8-7-20-9-16-27-18-20/h4-6,9,16-18H,2-3,7-8,10-15H2,1H3,(H,23,26). The van der Waals surface area contributed by atoms with Crippen LogP contribution in [0, 0.1) is 6.92 Å². The summed E-state index contributed by atoms with van der Waals surface area (Å²) in [7, 11) is 0. The molecule has 146 valence electrons. The third kappa shape index (κ3) is 6.67. The van der Waals surface area contributed by atoms with Crippen LogP contribution in [0.5, 0.6) is 0 Å². The predicted octanol–water partition coefficient (Wildman–Crippen LogP) is 3.71. The number of aryl methyl sites for hydroxylation is 2. The first-order chi connectivity index (χ1) is 13.2. The van der Waals surface area contributed by atoms with E-state index in [0.29, 0.717) is 6.42 Å². The van der Waals surface area contributed by atoms with Gasteiger partial charge >= 0.3 is 0 Å². The lowest BCUT2D eigenvalue weighted by Gasteiger charge is -2.36. The maximum atomic E-state index is 11.9. The Morgan fingerprint density at radius 2 is 2.00 bits per heavy atom. The highest BCUT2D eigenvalue weighted by molar-refractivity contribution is 7.07. The van der Waals surface area contributed by atoms with Crippen LogP contribution in [0.3, 0.4) is 0 Å². The van der Waals surface area contributed by atoms with Gasteiger partial charge in [0.2, 0.25) is 5.91 Å². The highest BCUT2D eigenvalue weighted by Crippen LogP contribution is 2.17. The normalized spacial score (nSPS) is 15.1. The van der Waals surface area contributed by atoms with Crippen LogP contribution >= 0.6 is 11.3 Å². The van der Waals surface area contributed by atoms with E-state index in [9.17, 15) is 4.79 Å². The third-order valence-corrected chi connectivity index (χ3v) is 5.92. The van der Waals surface area contributed by atoms with Gasteiger partial charge in [0, 0.05) is 44.8 Å². The van der Waals surface area contributed by atoms with Crippen LogP contribution in [-0.4, -0.2) is 50.1 Å². The number of nitrogens with one attached hydrogen (secondary N) is 1. The topological polar surface area (TPSA) is 35.6 Å². The van der Waals surface area contributed by atoms with Crippen LogP contribution in [0.1, 0.15) is 30.4 Å². The van der Waals surface area contributed by atoms with Gasteiger partial charge in [0.05, 0.1) is 0 Å². The molecule has 3 rings (SSSR count). The summed E-state index contributed by atoms with van der Waals surface area (Å²) in [5, 5.41) is 7.23. The minimum Gasteiger partial charge on any atom is -0.369 e. The van der Waals surface area contributed by atoms with Gasteiger partial charge in [0.15, 0.2) is 0 Å². The van der Waals surface area contributed by atoms with Crippen molar-refractivity contribution in [1.29, 1.82) is 0 Å². The Hall–Kier alpha value is -1.85. The molecule has 1 fully saturated rings. The zero-order valence-corrected chi connectivity index (χ0v) is 17.1. The SMILES string of the molecule is Cc1cccc(N2CCN(CCCCNC(=O)CCc3ccsc3)CC2)c1. The molecule has 0 radical (unpaired) electrons. The predicted molar refractivity (Wildman–Crippen MR) is 115 cm³/mol. The molecule has 0 aliphatic carbocycles. The molecule has 1 aliphatic heterocycles. The number of amides is 1. The number of piperazine rings is 1. The van der Waals surface area contributed by atoms with Crippen LogP contribution in [0.25, 0.3) is 0 Å². The van der Waals surface area contributed by atoms with E-state index in [1.54, 1.807) is 11.3 Å². The molecular formula is C22H31N3OS. The molecule has 2 aromatic rings. The number of unbranched alkanes of at least 4 members (excludes halogenated alkanes) is 1. The van der Waals surface area contributed by atoms with Crippen molar-refractivity contribution in [3.63, 3.8) is 0 Å². The van der Waals surface area contributed by atoms with E-state index in [0.717, 1.165) is 58.5 Å². The summed E-state index contributed by atoms with van der Waals surface area (Å²) in [6, 6.07) is 10.9. The lowest BCUT2D eigenvalue weighted by Crippen LogP contribution is -2.46. The second-order valence-corrected chi connectivity index (χ2v) is 8.14. The van der Waals surface area contributed by atoms with Crippen molar-refractivity contribution in [3.05, 3.63) is 52.2 Å². The molecule has 0 spiro atoms. The fraction of sp³-hybridized carbons (Fsp3) is 0.500. The van der Waals surface area contributed by atoms with E-state index in [4.69, 9.17) is 0 Å². The summed E-state index contributed by atoms with van der Waals surface area (Å²) < 4.78 is 0. The van der Waals surface area contributed by atoms with Crippen LogP contribution < -0.4 is 10.2 Å². The molecule has 0 atom stereocenters. The monoisotopic (exact) mass is 385 g/mol. The van der Waals surface area contributed by atoms with Crippen molar-refractivity contribution in [1.82, 2.24) is 10.2 Å². The molecule has 1 aromatic carbocycles. The zero-order chi connectivity index (χ0) is 18.9. The van der Waals surface area contributed by atoms with E-state index in [-0.39, 0.29) is 5.91 Å². The van der Waals surface area contributed by atoms with Crippen molar-refractivity contribution in [2.75, 3.05) is 44.2 Å². The molecule has 0 saturated carbocycles. The molecule has 1 N–H and O–H groups in total. The van der Waals surface area contributed by atoms with Crippen molar-refractivity contribution < 1.29 is 4.79 Å². The average Bonchev–Trinajstić information content (AvgIpc) is 3.20. The summed E-state index contributed by atoms with van der Waals surface area (Å²) in [6.45, 7) is 8.53. The van der Waals surface area contributed by atoms with Gasteiger partial charge in [-0.05, 0) is 72.8 Å². The molecule has 5 heteroatoms. The van der Waals surface area contributed by atoms with Crippen molar-refractivity contribution >= 4 is 22.9 Å². The number of nitrogens with zero attached hydrogens (tertiary/aromatic N) is 2. The molecule has 1 aliphatic rings. The van der Waals surface area contributed by atoms with Crippen LogP contribution in [0.15, 0.2) is 41.1 Å². The largest absolute Gasteiger partial charge is 0.369 e. The van der Waals surface area contributed by atoms with E-state index in [1.165, 1.54) is 16.8 Å². The van der Waals surface area contributed by atoms with Gasteiger partial charge in [-0.25, -0.2) is 0 Å². The van der Waals surface area contributed by atoms with Gasteiger partial charge < -0.3 is 10.2 Å². The maximum absolute atomic E-state index is 11.9. The zero-order valence-electron chi connectivity index (χ0n) is 16.3. The summed E-state index contributed by atoms with van der Waals surface area (Å²) >= 11 is 1.69. The lowest BCUT2D eigenvalue weighted by molar-refractivity contribution is -0.121. The van der Waals surface area contributed by atoms with Crippen LogP contribution in [-0.2, 0) is 11.2 Å². The molecule has 1 saturated heterocycles. The van der Waals surface area contributed by atoms with Gasteiger partial charge in [0.25, 0.3) is 0 Å². The van der Waals surface area contributed by atoms with E-state index >= 15 is 0 Å². The Morgan fingerprint density at radius 3 is 2.74 bits per heavy atom. The number of carbonyl (C=O) groups is 1. The summed E-state index contributed by atoms with van der Waals surface area (Å²) in [6.07, 6.45) is 3.65. The van der Waals surface area contributed by atoms with E-state index < -0.39 is 0 Å². The number of hydrogen-bond donors (Lipinski definition) is 1. The van der Waals surface area contributed by atoms with Gasteiger partial charge in [-0.3, -0.25) is 9.69 Å². The molecule has 1 amide bonds. The highest BCUT2D eigenvalue weighted by atomic mass is 32.1. The maximum Gasteiger partial charge on any atom is 0.220 e. The second kappa shape index (κ2) is 10.5. The minimum atomic E-state index is 0.174. The highest BCUT2D eigenvalue weighted by Gasteiger charge is 2.16. The number of carbonyl (C=O) groups excluding carboxylic acids is 1. The molecule has 0 bridgehead atoms. The van der Waals surface area contributed by atoms with E-state index in [1.807, 2.05) is 0 Å². The Balaban J connectivity index is 1.24. The van der Waals surface area contributed by atoms with E-state index in [2.05, 4.69) is 63.1 Å². The van der Waals surface area contributed by atoms with Crippen molar-refractivity contribution in [2.45, 2.75) is 32.6 Å². The number of thiophene rings is 1. The molecule has 4 nitrogen and oxygen atoms in total. The smallest absolute Gasteiger partial charge is 0.220 e. The Kier molecular flexibility index (Phi) is 7.72. The molecule has 0 unspecified atom stereocenters. The minimum absolute atomic E-state index is 0.174. The number of anilines is 1. The van der Waals surface area contributed by atoms with Crippen molar-refractivity contribution in [3.8, 4) is 0 Å². The summed E-state index contributed by atoms with van der Waals surface area (Å²) in [4.78, 5) is 16.9. The number of rotatable bonds is 9. The fourth-order valence-corrected chi connectivity index (χ4v) is 4.23. The molecular weight excluding hydrogens is 354 g/mol. The first kappa shape index (κ1) is 19.9. The average molecular weight is 386 g/mol. The fourth-order valence-electron chi connectivity index (χ4n) is 3.52. The van der Waals surface area contributed by atoms with Crippen LogP contribution in [0.2, 0.25) is 0 Å². The summed E-state index contributed by atoms with van der Waals surface area (Å²) in [5.41, 5.74) is 3.94. The Bertz CT molecular complexity index is 693. The summed E-state index contributed by atoms with van der Waals surface area (Å²) in [5.74, 6) is 0.174. The van der Waals surface area contributed by atoms with Crippen molar-refractivity contribution in [2.24, 2.45) is 0 Å². The third-order valence-electron chi connectivity index (χ3n) is 5.18. The Labute approximate surface area is 167 Å². The quantitative estimate of drug-likeness (QED) is 0.669. The first-order valence-electron chi connectivity index (χ1n) is 10.0. The lowest BCUT2D eigenvalue weighted by atomic mass is 10.2.